The molecule has 0 aliphatic rings. The van der Waals surface area contributed by atoms with E-state index < -0.39 is 0 Å². The van der Waals surface area contributed by atoms with Gasteiger partial charge in [0.2, 0.25) is 5.88 Å². The lowest BCUT2D eigenvalue weighted by atomic mass is 9.92. The largest absolute Gasteiger partial charge is 0.480 e. The van der Waals surface area contributed by atoms with Crippen LogP contribution in [0.5, 0.6) is 5.88 Å². The minimum atomic E-state index is 0.173. The second kappa shape index (κ2) is 7.08. The summed E-state index contributed by atoms with van der Waals surface area (Å²) in [7, 11) is 1.46. The molecule has 0 saturated carbocycles. The van der Waals surface area contributed by atoms with E-state index >= 15 is 0 Å². The number of pyridine rings is 1. The maximum Gasteiger partial charge on any atom is 0.232 e. The number of nitriles is 2. The third-order valence-electron chi connectivity index (χ3n) is 4.56. The molecular weight excluding hydrogens is 372 g/mol. The predicted octanol–water partition coefficient (Wildman–Crippen LogP) is 5.30. The SMILES string of the molecule is COc1nc(-c2c[nH]c3ccccc23)c(C#N)c(-c2ccc(Cl)cc2)c1C#N. The average Bonchev–Trinajstić information content (AvgIpc) is 3.16. The number of rotatable bonds is 3. The maximum absolute atomic E-state index is 9.99. The van der Waals surface area contributed by atoms with Gasteiger partial charge in [-0.15, -0.1) is 0 Å². The fourth-order valence-corrected chi connectivity index (χ4v) is 3.42. The Balaban J connectivity index is 2.11. The molecule has 2 aromatic carbocycles. The van der Waals surface area contributed by atoms with Crippen LogP contribution in [0.15, 0.2) is 54.7 Å². The first-order chi connectivity index (χ1) is 13.7. The van der Waals surface area contributed by atoms with Gasteiger partial charge in [0, 0.05) is 33.2 Å². The lowest BCUT2D eigenvalue weighted by Crippen LogP contribution is -2.02. The van der Waals surface area contributed by atoms with Crippen molar-refractivity contribution in [2.45, 2.75) is 0 Å². The van der Waals surface area contributed by atoms with Gasteiger partial charge >= 0.3 is 0 Å². The molecule has 4 rings (SSSR count). The Hall–Kier alpha value is -3.80. The molecule has 5 nitrogen and oxygen atoms in total. The third-order valence-corrected chi connectivity index (χ3v) is 4.81. The summed E-state index contributed by atoms with van der Waals surface area (Å²) in [5.41, 5.74) is 3.85. The highest BCUT2D eigenvalue weighted by Gasteiger charge is 2.24. The molecule has 2 aromatic heterocycles. The summed E-state index contributed by atoms with van der Waals surface area (Å²) in [6.45, 7) is 0. The third kappa shape index (κ3) is 2.75. The smallest absolute Gasteiger partial charge is 0.232 e. The van der Waals surface area contributed by atoms with Gasteiger partial charge in [0.25, 0.3) is 0 Å². The van der Waals surface area contributed by atoms with Gasteiger partial charge < -0.3 is 9.72 Å². The summed E-state index contributed by atoms with van der Waals surface area (Å²) in [6, 6.07) is 19.1. The number of hydrogen-bond acceptors (Lipinski definition) is 4. The number of ether oxygens (including phenoxy) is 1. The standard InChI is InChI=1S/C22H13ClN4O/c1-28-22-17(11-25)20(13-6-8-14(23)9-7-13)16(10-24)21(27-22)18-12-26-19-5-3-2-4-15(18)19/h2-9,12,26H,1H3. The topological polar surface area (TPSA) is 85.5 Å². The first-order valence-electron chi connectivity index (χ1n) is 8.42. The van der Waals surface area contributed by atoms with Crippen molar-refractivity contribution >= 4 is 22.5 Å². The number of nitrogens with zero attached hydrogens (tertiary/aromatic N) is 3. The lowest BCUT2D eigenvalue weighted by molar-refractivity contribution is 0.397. The number of aromatic amines is 1. The maximum atomic E-state index is 9.99. The quantitative estimate of drug-likeness (QED) is 0.519. The molecular formula is C22H13ClN4O. The Bertz CT molecular complexity index is 1280. The number of fused-ring (bicyclic) bond motifs is 1. The number of halogens is 1. The first-order valence-corrected chi connectivity index (χ1v) is 8.80. The molecule has 4 aromatic rings. The van der Waals surface area contributed by atoms with E-state index in [1.54, 1.807) is 24.3 Å². The minimum Gasteiger partial charge on any atom is -0.480 e. The molecule has 0 unspecified atom stereocenters. The fraction of sp³-hybridized carbons (Fsp3) is 0.0455. The zero-order valence-corrected chi connectivity index (χ0v) is 15.6. The van der Waals surface area contributed by atoms with Crippen LogP contribution in [-0.4, -0.2) is 17.1 Å². The van der Waals surface area contributed by atoms with E-state index in [2.05, 4.69) is 22.1 Å². The highest BCUT2D eigenvalue weighted by atomic mass is 35.5. The van der Waals surface area contributed by atoms with Crippen molar-refractivity contribution in [3.63, 3.8) is 0 Å². The van der Waals surface area contributed by atoms with Crippen molar-refractivity contribution in [2.75, 3.05) is 7.11 Å². The monoisotopic (exact) mass is 384 g/mol. The van der Waals surface area contributed by atoms with Crippen molar-refractivity contribution in [3.05, 3.63) is 70.9 Å². The first kappa shape index (κ1) is 17.6. The van der Waals surface area contributed by atoms with E-state index in [9.17, 15) is 10.5 Å². The van der Waals surface area contributed by atoms with Crippen LogP contribution in [0.3, 0.4) is 0 Å². The average molecular weight is 385 g/mol. The normalized spacial score (nSPS) is 10.4. The van der Waals surface area contributed by atoms with Gasteiger partial charge in [0.1, 0.15) is 17.7 Å². The zero-order chi connectivity index (χ0) is 19.7. The molecule has 0 bridgehead atoms. The van der Waals surface area contributed by atoms with Crippen LogP contribution in [0.2, 0.25) is 5.02 Å². The Morgan fingerprint density at radius 2 is 1.71 bits per heavy atom. The van der Waals surface area contributed by atoms with E-state index in [0.717, 1.165) is 16.5 Å². The van der Waals surface area contributed by atoms with Crippen LogP contribution in [0.4, 0.5) is 0 Å². The molecule has 6 heteroatoms. The van der Waals surface area contributed by atoms with Crippen LogP contribution in [0, 0.1) is 22.7 Å². The van der Waals surface area contributed by atoms with Crippen LogP contribution in [0.25, 0.3) is 33.3 Å². The minimum absolute atomic E-state index is 0.173. The van der Waals surface area contributed by atoms with Crippen LogP contribution < -0.4 is 4.74 Å². The fourth-order valence-electron chi connectivity index (χ4n) is 3.29. The highest BCUT2D eigenvalue weighted by molar-refractivity contribution is 6.30. The second-order valence-corrected chi connectivity index (χ2v) is 6.51. The summed E-state index contributed by atoms with van der Waals surface area (Å²) in [6.07, 6.45) is 1.81. The number of H-pyrrole nitrogens is 1. The summed E-state index contributed by atoms with van der Waals surface area (Å²) in [4.78, 5) is 7.71. The molecule has 0 saturated heterocycles. The number of hydrogen-bond donors (Lipinski definition) is 1. The van der Waals surface area contributed by atoms with Crippen molar-refractivity contribution < 1.29 is 4.74 Å². The second-order valence-electron chi connectivity index (χ2n) is 6.07. The summed E-state index contributed by atoms with van der Waals surface area (Å²) in [5, 5.41) is 21.2. The van der Waals surface area contributed by atoms with Gasteiger partial charge in [0.15, 0.2) is 0 Å². The predicted molar refractivity (Wildman–Crippen MR) is 108 cm³/mol. The molecule has 28 heavy (non-hydrogen) atoms. The van der Waals surface area contributed by atoms with Gasteiger partial charge in [0.05, 0.1) is 18.4 Å². The number of methoxy groups -OCH3 is 1. The van der Waals surface area contributed by atoms with E-state index in [4.69, 9.17) is 16.3 Å². The molecule has 0 radical (unpaired) electrons. The van der Waals surface area contributed by atoms with Gasteiger partial charge in [-0.05, 0) is 23.8 Å². The highest BCUT2D eigenvalue weighted by Crippen LogP contribution is 2.39. The molecule has 0 amide bonds. The molecule has 0 spiro atoms. The van der Waals surface area contributed by atoms with Crippen molar-refractivity contribution in [2.24, 2.45) is 0 Å². The van der Waals surface area contributed by atoms with Crippen molar-refractivity contribution in [3.8, 4) is 40.4 Å². The van der Waals surface area contributed by atoms with Crippen molar-refractivity contribution in [1.82, 2.24) is 9.97 Å². The van der Waals surface area contributed by atoms with E-state index in [0.29, 0.717) is 27.4 Å². The lowest BCUT2D eigenvalue weighted by Gasteiger charge is -2.14. The van der Waals surface area contributed by atoms with Crippen LogP contribution >= 0.6 is 11.6 Å². The molecule has 1 N–H and O–H groups in total. The van der Waals surface area contributed by atoms with Gasteiger partial charge in [-0.1, -0.05) is 41.9 Å². The van der Waals surface area contributed by atoms with Crippen LogP contribution in [-0.2, 0) is 0 Å². The number of nitrogens with one attached hydrogen (secondary N) is 1. The van der Waals surface area contributed by atoms with Gasteiger partial charge in [-0.3, -0.25) is 0 Å². The van der Waals surface area contributed by atoms with Gasteiger partial charge in [-0.2, -0.15) is 10.5 Å². The summed E-state index contributed by atoms with van der Waals surface area (Å²) in [5.74, 6) is 0.173. The van der Waals surface area contributed by atoms with Gasteiger partial charge in [-0.25, -0.2) is 4.98 Å². The summed E-state index contributed by atoms with van der Waals surface area (Å²) >= 11 is 6.01. The molecule has 2 heterocycles. The Labute approximate surface area is 166 Å². The molecule has 0 aliphatic heterocycles. The molecule has 0 fully saturated rings. The van der Waals surface area contributed by atoms with E-state index in [1.807, 2.05) is 30.5 Å². The Kier molecular flexibility index (Phi) is 4.45. The molecule has 134 valence electrons. The number of benzene rings is 2. The number of para-hydroxylation sites is 1. The van der Waals surface area contributed by atoms with E-state index in [1.165, 1.54) is 7.11 Å². The Morgan fingerprint density at radius 1 is 1.00 bits per heavy atom. The zero-order valence-electron chi connectivity index (χ0n) is 14.8. The molecule has 0 aliphatic carbocycles. The van der Waals surface area contributed by atoms with Crippen molar-refractivity contribution in [1.29, 1.82) is 10.5 Å². The van der Waals surface area contributed by atoms with E-state index in [-0.39, 0.29) is 11.4 Å². The van der Waals surface area contributed by atoms with Crippen LogP contribution in [0.1, 0.15) is 11.1 Å². The number of aromatic nitrogens is 2. The Morgan fingerprint density at radius 3 is 2.39 bits per heavy atom. The molecule has 0 atom stereocenters. The summed E-state index contributed by atoms with van der Waals surface area (Å²) < 4.78 is 5.39.